The molecule has 6 nitrogen and oxygen atoms in total. The van der Waals surface area contributed by atoms with E-state index in [0.29, 0.717) is 18.9 Å². The van der Waals surface area contributed by atoms with E-state index >= 15 is 0 Å². The monoisotopic (exact) mass is 347 g/mol. The van der Waals surface area contributed by atoms with Crippen molar-refractivity contribution in [2.75, 3.05) is 13.1 Å². The Morgan fingerprint density at radius 2 is 1.65 bits per heavy atom. The fourth-order valence-corrected chi connectivity index (χ4v) is 2.83. The average molecular weight is 347 g/mol. The minimum Gasteiger partial charge on any atom is -0.279 e. The molecular formula is C20H19N4O2+. The number of nitro benzene ring substituents is 1. The Labute approximate surface area is 151 Å². The molecule has 3 aromatic rings. The van der Waals surface area contributed by atoms with Gasteiger partial charge in [0.2, 0.25) is 5.82 Å². The highest BCUT2D eigenvalue weighted by Crippen LogP contribution is 2.24. The van der Waals surface area contributed by atoms with Crippen LogP contribution in [0.2, 0.25) is 0 Å². The third-order valence-electron chi connectivity index (χ3n) is 4.06. The largest absolute Gasteiger partial charge is 0.279 e. The van der Waals surface area contributed by atoms with Crippen molar-refractivity contribution in [3.8, 4) is 11.4 Å². The molecule has 0 saturated heterocycles. The Kier molecular flexibility index (Phi) is 5.15. The minimum atomic E-state index is -0.420. The number of quaternary nitrogens is 1. The predicted molar refractivity (Wildman–Crippen MR) is 102 cm³/mol. The Morgan fingerprint density at radius 1 is 1.00 bits per heavy atom. The second-order valence-electron chi connectivity index (χ2n) is 5.81. The summed E-state index contributed by atoms with van der Waals surface area (Å²) in [6, 6.07) is 14.1. The number of para-hydroxylation sites is 1. The first kappa shape index (κ1) is 17.4. The summed E-state index contributed by atoms with van der Waals surface area (Å²) in [6.45, 7) is 9.07. The second kappa shape index (κ2) is 7.67. The van der Waals surface area contributed by atoms with Gasteiger partial charge in [0.1, 0.15) is 13.1 Å². The van der Waals surface area contributed by atoms with Crippen LogP contribution in [0.4, 0.5) is 11.5 Å². The average Bonchev–Trinajstić information content (AvgIpc) is 2.67. The molecule has 0 aliphatic carbocycles. The lowest BCUT2D eigenvalue weighted by Crippen LogP contribution is -3.07. The van der Waals surface area contributed by atoms with Gasteiger partial charge in [-0.25, -0.2) is 4.98 Å². The summed E-state index contributed by atoms with van der Waals surface area (Å²) in [5.74, 6) is 1.41. The van der Waals surface area contributed by atoms with Crippen molar-refractivity contribution in [1.82, 2.24) is 9.97 Å². The van der Waals surface area contributed by atoms with Crippen molar-refractivity contribution in [3.63, 3.8) is 0 Å². The van der Waals surface area contributed by atoms with Gasteiger partial charge >= 0.3 is 0 Å². The number of aromatic nitrogens is 2. The Morgan fingerprint density at radius 3 is 2.27 bits per heavy atom. The molecule has 0 aliphatic heterocycles. The highest BCUT2D eigenvalue weighted by atomic mass is 16.6. The topological polar surface area (TPSA) is 73.4 Å². The molecule has 6 heteroatoms. The van der Waals surface area contributed by atoms with Crippen molar-refractivity contribution in [2.24, 2.45) is 0 Å². The van der Waals surface area contributed by atoms with E-state index in [4.69, 9.17) is 4.98 Å². The molecule has 26 heavy (non-hydrogen) atoms. The smallest absolute Gasteiger partial charge is 0.269 e. The van der Waals surface area contributed by atoms with Gasteiger partial charge in [0.05, 0.1) is 15.8 Å². The molecule has 1 heterocycles. The quantitative estimate of drug-likeness (QED) is 0.405. The van der Waals surface area contributed by atoms with Crippen molar-refractivity contribution in [1.29, 1.82) is 0 Å². The summed E-state index contributed by atoms with van der Waals surface area (Å²) >= 11 is 0. The highest BCUT2D eigenvalue weighted by molar-refractivity contribution is 5.87. The van der Waals surface area contributed by atoms with Gasteiger partial charge < -0.3 is 0 Å². The number of nitro groups is 1. The molecule has 0 fully saturated rings. The number of nitrogens with one attached hydrogen (secondary N) is 1. The molecule has 0 unspecified atom stereocenters. The van der Waals surface area contributed by atoms with E-state index in [1.807, 2.05) is 36.4 Å². The number of hydrogen-bond acceptors (Lipinski definition) is 4. The number of fused-ring (bicyclic) bond motifs is 1. The molecule has 1 aromatic heterocycles. The maximum Gasteiger partial charge on any atom is 0.269 e. The molecule has 0 atom stereocenters. The molecule has 0 aliphatic rings. The van der Waals surface area contributed by atoms with Crippen LogP contribution in [-0.2, 0) is 0 Å². The molecule has 1 N–H and O–H groups in total. The summed E-state index contributed by atoms with van der Waals surface area (Å²) in [4.78, 5) is 21.0. The maximum absolute atomic E-state index is 10.9. The molecule has 0 saturated carbocycles. The molecular weight excluding hydrogens is 328 g/mol. The van der Waals surface area contributed by atoms with E-state index in [9.17, 15) is 10.1 Å². The van der Waals surface area contributed by atoms with Gasteiger partial charge in [-0.3, -0.25) is 15.0 Å². The third kappa shape index (κ3) is 3.50. The number of non-ortho nitro benzene ring substituents is 1. The van der Waals surface area contributed by atoms with Crippen LogP contribution in [0.5, 0.6) is 0 Å². The van der Waals surface area contributed by atoms with E-state index in [1.54, 1.807) is 12.1 Å². The van der Waals surface area contributed by atoms with Gasteiger partial charge in [-0.15, -0.1) is 0 Å². The van der Waals surface area contributed by atoms with Gasteiger partial charge in [-0.2, -0.15) is 4.98 Å². The number of hydrogen-bond donors (Lipinski definition) is 1. The molecule has 0 bridgehead atoms. The summed E-state index contributed by atoms with van der Waals surface area (Å²) in [6.07, 6.45) is 3.70. The van der Waals surface area contributed by atoms with Crippen LogP contribution in [0.3, 0.4) is 0 Å². The number of benzene rings is 2. The first-order valence-corrected chi connectivity index (χ1v) is 8.22. The SMILES string of the molecule is C=CC[NH+](CC=C)c1nc(-c2ccc([N+](=O)[O-])cc2)nc2ccccc12. The van der Waals surface area contributed by atoms with Gasteiger partial charge in [0.15, 0.2) is 5.82 Å². The van der Waals surface area contributed by atoms with E-state index in [1.165, 1.54) is 12.1 Å². The van der Waals surface area contributed by atoms with Crippen LogP contribution < -0.4 is 4.90 Å². The van der Waals surface area contributed by atoms with Gasteiger partial charge in [-0.05, 0) is 36.4 Å². The van der Waals surface area contributed by atoms with Crippen LogP contribution in [0.15, 0.2) is 73.8 Å². The lowest BCUT2D eigenvalue weighted by Gasteiger charge is -2.17. The van der Waals surface area contributed by atoms with Crippen LogP contribution in [0.1, 0.15) is 0 Å². The van der Waals surface area contributed by atoms with Crippen molar-refractivity contribution in [3.05, 3.63) is 84.0 Å². The number of nitrogens with zero attached hydrogens (tertiary/aromatic N) is 3. The Bertz CT molecular complexity index is 957. The summed E-state index contributed by atoms with van der Waals surface area (Å²) in [5.41, 5.74) is 1.61. The molecule has 0 amide bonds. The molecule has 2 aromatic carbocycles. The standard InChI is InChI=1S/C20H18N4O2/c1-3-13-23(14-4-2)20-17-7-5-6-8-18(17)21-19(22-20)15-9-11-16(12-10-15)24(25)26/h3-12H,1-2,13-14H2/p+1. The maximum atomic E-state index is 10.9. The first-order valence-electron chi connectivity index (χ1n) is 8.22. The predicted octanol–water partition coefficient (Wildman–Crippen LogP) is 3.09. The zero-order valence-electron chi connectivity index (χ0n) is 14.3. The summed E-state index contributed by atoms with van der Waals surface area (Å²) in [7, 11) is 0. The van der Waals surface area contributed by atoms with Crippen molar-refractivity contribution >= 4 is 22.4 Å². The number of rotatable bonds is 7. The Balaban J connectivity index is 2.16. The normalized spacial score (nSPS) is 10.8. The molecule has 3 rings (SSSR count). The van der Waals surface area contributed by atoms with E-state index in [-0.39, 0.29) is 5.69 Å². The molecule has 130 valence electrons. The first-order chi connectivity index (χ1) is 12.6. The Hall–Kier alpha value is -3.38. The van der Waals surface area contributed by atoms with Gasteiger partial charge in [-0.1, -0.05) is 25.3 Å². The van der Waals surface area contributed by atoms with Gasteiger partial charge in [0, 0.05) is 17.7 Å². The second-order valence-corrected chi connectivity index (χ2v) is 5.81. The van der Waals surface area contributed by atoms with E-state index < -0.39 is 4.92 Å². The zero-order chi connectivity index (χ0) is 18.5. The van der Waals surface area contributed by atoms with E-state index in [0.717, 1.165) is 27.2 Å². The van der Waals surface area contributed by atoms with Crippen LogP contribution in [0, 0.1) is 10.1 Å². The lowest BCUT2D eigenvalue weighted by atomic mass is 10.1. The highest BCUT2D eigenvalue weighted by Gasteiger charge is 2.18. The van der Waals surface area contributed by atoms with Crippen molar-refractivity contribution in [2.45, 2.75) is 0 Å². The summed E-state index contributed by atoms with van der Waals surface area (Å²) in [5, 5.41) is 11.8. The molecule has 0 spiro atoms. The van der Waals surface area contributed by atoms with Gasteiger partial charge in [0.25, 0.3) is 5.69 Å². The van der Waals surface area contributed by atoms with Crippen LogP contribution >= 0.6 is 0 Å². The fraction of sp³-hybridized carbons (Fsp3) is 0.100. The summed E-state index contributed by atoms with van der Waals surface area (Å²) < 4.78 is 0. The van der Waals surface area contributed by atoms with E-state index in [2.05, 4.69) is 18.1 Å². The lowest BCUT2D eigenvalue weighted by molar-refractivity contribution is -0.820. The fourth-order valence-electron chi connectivity index (χ4n) is 2.83. The van der Waals surface area contributed by atoms with Crippen LogP contribution in [0.25, 0.3) is 22.3 Å². The van der Waals surface area contributed by atoms with Crippen molar-refractivity contribution < 1.29 is 9.82 Å². The third-order valence-corrected chi connectivity index (χ3v) is 4.06. The van der Waals surface area contributed by atoms with Crippen LogP contribution in [-0.4, -0.2) is 28.0 Å². The minimum absolute atomic E-state index is 0.0420. The molecule has 0 radical (unpaired) electrons. The zero-order valence-corrected chi connectivity index (χ0v) is 14.3.